The summed E-state index contributed by atoms with van der Waals surface area (Å²) in [5.74, 6) is 2.58. The lowest BCUT2D eigenvalue weighted by Crippen LogP contribution is -2.54. The van der Waals surface area contributed by atoms with Gasteiger partial charge in [0.1, 0.15) is 11.9 Å². The van der Waals surface area contributed by atoms with Crippen LogP contribution in [0.5, 0.6) is 5.75 Å². The fraction of sp³-hybridized carbons (Fsp3) is 0.333. The predicted octanol–water partition coefficient (Wildman–Crippen LogP) is 2.46. The van der Waals surface area contributed by atoms with E-state index in [1.807, 2.05) is 43.3 Å². The first kappa shape index (κ1) is 13.9. The van der Waals surface area contributed by atoms with Gasteiger partial charge in [-0.25, -0.2) is 9.97 Å². The Kier molecular flexibility index (Phi) is 3.84. The van der Waals surface area contributed by atoms with E-state index in [9.17, 15) is 0 Å². The van der Waals surface area contributed by atoms with Gasteiger partial charge in [-0.2, -0.15) is 0 Å². The normalized spacial score (nSPS) is 14.7. The van der Waals surface area contributed by atoms with Gasteiger partial charge in [0.15, 0.2) is 11.6 Å². The Morgan fingerprint density at radius 3 is 2.71 bits per heavy atom. The molecule has 0 N–H and O–H groups in total. The Hall–Kier alpha value is -2.01. The molecule has 110 valence electrons. The van der Waals surface area contributed by atoms with Crippen LogP contribution in [0.4, 0.5) is 11.6 Å². The summed E-state index contributed by atoms with van der Waals surface area (Å²) >= 11 is 5.96. The first-order chi connectivity index (χ1) is 10.1. The zero-order chi connectivity index (χ0) is 14.8. The van der Waals surface area contributed by atoms with E-state index in [1.54, 1.807) is 12.4 Å². The summed E-state index contributed by atoms with van der Waals surface area (Å²) in [5.41, 5.74) is 0. The summed E-state index contributed by atoms with van der Waals surface area (Å²) < 4.78 is 5.90. The number of hydrogen-bond acceptors (Lipinski definition) is 5. The van der Waals surface area contributed by atoms with Crippen molar-refractivity contribution in [3.05, 3.63) is 41.7 Å². The van der Waals surface area contributed by atoms with Crippen LogP contribution in [0, 0.1) is 0 Å². The molecular formula is C15H17ClN4O. The lowest BCUT2D eigenvalue weighted by atomic mass is 10.1. The smallest absolute Gasteiger partial charge is 0.172 e. The lowest BCUT2D eigenvalue weighted by Gasteiger charge is -2.40. The van der Waals surface area contributed by atoms with Crippen molar-refractivity contribution < 1.29 is 4.74 Å². The predicted molar refractivity (Wildman–Crippen MR) is 84.4 cm³/mol. The second kappa shape index (κ2) is 5.77. The Labute approximate surface area is 129 Å². The minimum atomic E-state index is 0.153. The largest absolute Gasteiger partial charge is 0.487 e. The van der Waals surface area contributed by atoms with Crippen LogP contribution in [-0.2, 0) is 0 Å². The second-order valence-electron chi connectivity index (χ2n) is 5.20. The van der Waals surface area contributed by atoms with Crippen molar-refractivity contribution in [2.75, 3.05) is 37.0 Å². The summed E-state index contributed by atoms with van der Waals surface area (Å²) in [6.07, 6.45) is 3.58. The van der Waals surface area contributed by atoms with E-state index in [2.05, 4.69) is 14.9 Å². The molecule has 1 aliphatic rings. The van der Waals surface area contributed by atoms with E-state index < -0.39 is 0 Å². The summed E-state index contributed by atoms with van der Waals surface area (Å²) in [4.78, 5) is 12.9. The molecule has 5 nitrogen and oxygen atoms in total. The molecule has 21 heavy (non-hydrogen) atoms. The van der Waals surface area contributed by atoms with Crippen molar-refractivity contribution in [3.63, 3.8) is 0 Å². The third kappa shape index (κ3) is 3.03. The Morgan fingerprint density at radius 2 is 2.00 bits per heavy atom. The molecule has 0 spiro atoms. The van der Waals surface area contributed by atoms with Gasteiger partial charge in [0.2, 0.25) is 0 Å². The molecule has 1 aromatic heterocycles. The fourth-order valence-electron chi connectivity index (χ4n) is 2.28. The standard InChI is InChI=1S/C15H17ClN4O/c1-19(2)14-15(18-7-6-17-14)20-9-13(10-20)21-12-5-3-4-11(16)8-12/h3-8,13H,9-10H2,1-2H3. The summed E-state index contributed by atoms with van der Waals surface area (Å²) in [5, 5.41) is 0.687. The van der Waals surface area contributed by atoms with Crippen molar-refractivity contribution >= 4 is 23.2 Å². The van der Waals surface area contributed by atoms with Crippen molar-refractivity contribution in [1.29, 1.82) is 0 Å². The van der Waals surface area contributed by atoms with Crippen LogP contribution >= 0.6 is 11.6 Å². The van der Waals surface area contributed by atoms with Gasteiger partial charge >= 0.3 is 0 Å². The highest BCUT2D eigenvalue weighted by Crippen LogP contribution is 2.28. The van der Waals surface area contributed by atoms with Crippen LogP contribution in [0.2, 0.25) is 5.02 Å². The average Bonchev–Trinajstić information content (AvgIpc) is 2.42. The van der Waals surface area contributed by atoms with E-state index in [0.717, 1.165) is 30.5 Å². The number of ether oxygens (including phenoxy) is 1. The van der Waals surface area contributed by atoms with Crippen LogP contribution in [-0.4, -0.2) is 43.3 Å². The quantitative estimate of drug-likeness (QED) is 0.868. The van der Waals surface area contributed by atoms with Crippen molar-refractivity contribution in [1.82, 2.24) is 9.97 Å². The molecule has 1 aliphatic heterocycles. The molecular weight excluding hydrogens is 288 g/mol. The Morgan fingerprint density at radius 1 is 1.24 bits per heavy atom. The fourth-order valence-corrected chi connectivity index (χ4v) is 2.46. The van der Waals surface area contributed by atoms with Crippen molar-refractivity contribution in [3.8, 4) is 5.75 Å². The Balaban J connectivity index is 1.64. The number of aromatic nitrogens is 2. The topological polar surface area (TPSA) is 41.5 Å². The van der Waals surface area contributed by atoms with Gasteiger partial charge in [-0.05, 0) is 18.2 Å². The van der Waals surface area contributed by atoms with Crippen molar-refractivity contribution in [2.24, 2.45) is 0 Å². The monoisotopic (exact) mass is 304 g/mol. The molecule has 0 bridgehead atoms. The zero-order valence-corrected chi connectivity index (χ0v) is 12.8. The number of halogens is 1. The summed E-state index contributed by atoms with van der Waals surface area (Å²) in [7, 11) is 3.93. The molecule has 2 aromatic rings. The molecule has 0 aliphatic carbocycles. The molecule has 0 radical (unpaired) electrons. The second-order valence-corrected chi connectivity index (χ2v) is 5.64. The SMILES string of the molecule is CN(C)c1nccnc1N1CC(Oc2cccc(Cl)c2)C1. The maximum atomic E-state index is 5.96. The molecule has 1 aromatic carbocycles. The Bertz CT molecular complexity index is 629. The molecule has 6 heteroatoms. The van der Waals surface area contributed by atoms with Gasteiger partial charge in [0.05, 0.1) is 13.1 Å². The van der Waals surface area contributed by atoms with Crippen LogP contribution in [0.25, 0.3) is 0 Å². The highest BCUT2D eigenvalue weighted by Gasteiger charge is 2.31. The minimum absolute atomic E-state index is 0.153. The molecule has 1 saturated heterocycles. The van der Waals surface area contributed by atoms with E-state index in [0.29, 0.717) is 5.02 Å². The summed E-state index contributed by atoms with van der Waals surface area (Å²) in [6.45, 7) is 1.60. The van der Waals surface area contributed by atoms with Crippen LogP contribution in [0.3, 0.4) is 0 Å². The maximum Gasteiger partial charge on any atom is 0.172 e. The average molecular weight is 305 g/mol. The first-order valence-electron chi connectivity index (χ1n) is 6.79. The molecule has 1 fully saturated rings. The highest BCUT2D eigenvalue weighted by molar-refractivity contribution is 6.30. The number of nitrogens with zero attached hydrogens (tertiary/aromatic N) is 4. The highest BCUT2D eigenvalue weighted by atomic mass is 35.5. The number of anilines is 2. The molecule has 0 saturated carbocycles. The van der Waals surface area contributed by atoms with Crippen LogP contribution < -0.4 is 14.5 Å². The first-order valence-corrected chi connectivity index (χ1v) is 7.17. The molecule has 0 unspecified atom stereocenters. The lowest BCUT2D eigenvalue weighted by molar-refractivity contribution is 0.167. The van der Waals surface area contributed by atoms with E-state index in [1.165, 1.54) is 0 Å². The van der Waals surface area contributed by atoms with Crippen LogP contribution in [0.15, 0.2) is 36.7 Å². The van der Waals surface area contributed by atoms with Crippen molar-refractivity contribution in [2.45, 2.75) is 6.10 Å². The van der Waals surface area contributed by atoms with Gasteiger partial charge in [0.25, 0.3) is 0 Å². The number of hydrogen-bond donors (Lipinski definition) is 0. The molecule has 3 rings (SSSR count). The van der Waals surface area contributed by atoms with E-state index in [4.69, 9.17) is 16.3 Å². The third-order valence-corrected chi connectivity index (χ3v) is 3.57. The van der Waals surface area contributed by atoms with Gasteiger partial charge in [0, 0.05) is 31.5 Å². The molecule has 2 heterocycles. The maximum absolute atomic E-state index is 5.96. The molecule has 0 atom stereocenters. The number of rotatable bonds is 4. The van der Waals surface area contributed by atoms with E-state index in [-0.39, 0.29) is 6.10 Å². The van der Waals surface area contributed by atoms with E-state index >= 15 is 0 Å². The minimum Gasteiger partial charge on any atom is -0.487 e. The van der Waals surface area contributed by atoms with Gasteiger partial charge in [-0.3, -0.25) is 0 Å². The van der Waals surface area contributed by atoms with Gasteiger partial charge in [-0.15, -0.1) is 0 Å². The van der Waals surface area contributed by atoms with Gasteiger partial charge < -0.3 is 14.5 Å². The van der Waals surface area contributed by atoms with Crippen LogP contribution in [0.1, 0.15) is 0 Å². The number of benzene rings is 1. The zero-order valence-electron chi connectivity index (χ0n) is 12.0. The molecule has 0 amide bonds. The van der Waals surface area contributed by atoms with Gasteiger partial charge in [-0.1, -0.05) is 17.7 Å². The third-order valence-electron chi connectivity index (χ3n) is 3.33. The summed E-state index contributed by atoms with van der Waals surface area (Å²) in [6, 6.07) is 7.48.